The fourth-order valence-electron chi connectivity index (χ4n) is 1.77. The van der Waals surface area contributed by atoms with Crippen LogP contribution >= 0.6 is 11.5 Å². The molecule has 1 aromatic heterocycles. The number of ether oxygens (including phenoxy) is 1. The van der Waals surface area contributed by atoms with Crippen LogP contribution in [0.4, 0.5) is 0 Å². The lowest BCUT2D eigenvalue weighted by atomic mass is 9.91. The normalized spacial score (nSPS) is 12.3. The first-order valence-corrected chi connectivity index (χ1v) is 7.42. The number of likely N-dealkylation sites (N-methyl/N-ethyl adjacent to an activating group) is 1. The molecule has 1 heterocycles. The minimum Gasteiger partial charge on any atom is -0.383 e. The molecule has 0 aromatic carbocycles. The van der Waals surface area contributed by atoms with Crippen molar-refractivity contribution in [1.29, 1.82) is 0 Å². The van der Waals surface area contributed by atoms with Gasteiger partial charge in [-0.3, -0.25) is 4.90 Å². The van der Waals surface area contributed by atoms with Crippen LogP contribution in [0.15, 0.2) is 0 Å². The van der Waals surface area contributed by atoms with Gasteiger partial charge in [0.25, 0.3) is 0 Å². The standard InChI is InChI=1S/C13H26N4OS/c1-13(2,3)12-11(19-16-15-12)10-17(4)8-6-14-7-9-18-5/h14H,6-10H2,1-5H3. The Balaban J connectivity index is 2.36. The van der Waals surface area contributed by atoms with Crippen LogP contribution in [0.2, 0.25) is 0 Å². The first-order valence-electron chi connectivity index (χ1n) is 6.65. The first kappa shape index (κ1) is 16.5. The van der Waals surface area contributed by atoms with Crippen LogP contribution < -0.4 is 5.32 Å². The van der Waals surface area contributed by atoms with Crippen molar-refractivity contribution in [3.8, 4) is 0 Å². The molecule has 0 bridgehead atoms. The van der Waals surface area contributed by atoms with Crippen LogP contribution in [-0.2, 0) is 16.7 Å². The van der Waals surface area contributed by atoms with E-state index in [1.54, 1.807) is 7.11 Å². The van der Waals surface area contributed by atoms with E-state index < -0.39 is 0 Å². The summed E-state index contributed by atoms with van der Waals surface area (Å²) in [6.45, 7) is 11.1. The monoisotopic (exact) mass is 286 g/mol. The first-order chi connectivity index (χ1) is 8.95. The van der Waals surface area contributed by atoms with Gasteiger partial charge in [-0.2, -0.15) is 0 Å². The molecule has 1 rings (SSSR count). The van der Waals surface area contributed by atoms with Crippen LogP contribution in [0.1, 0.15) is 31.3 Å². The van der Waals surface area contributed by atoms with E-state index in [-0.39, 0.29) is 5.41 Å². The number of methoxy groups -OCH3 is 1. The summed E-state index contributed by atoms with van der Waals surface area (Å²) in [5.41, 5.74) is 1.19. The van der Waals surface area contributed by atoms with Crippen molar-refractivity contribution in [2.45, 2.75) is 32.7 Å². The molecule has 0 radical (unpaired) electrons. The Morgan fingerprint density at radius 1 is 1.32 bits per heavy atom. The molecule has 0 saturated carbocycles. The summed E-state index contributed by atoms with van der Waals surface area (Å²) in [6.07, 6.45) is 0. The van der Waals surface area contributed by atoms with Crippen LogP contribution in [-0.4, -0.2) is 54.9 Å². The van der Waals surface area contributed by atoms with E-state index in [1.807, 2.05) is 0 Å². The quantitative estimate of drug-likeness (QED) is 0.734. The third kappa shape index (κ3) is 5.95. The zero-order valence-electron chi connectivity index (χ0n) is 12.7. The molecule has 0 fully saturated rings. The highest BCUT2D eigenvalue weighted by Crippen LogP contribution is 2.26. The second kappa shape index (κ2) is 7.89. The van der Waals surface area contributed by atoms with Gasteiger partial charge in [-0.25, -0.2) is 0 Å². The Morgan fingerprint density at radius 3 is 2.68 bits per heavy atom. The van der Waals surface area contributed by atoms with Crippen molar-refractivity contribution in [2.75, 3.05) is 40.4 Å². The van der Waals surface area contributed by atoms with E-state index in [2.05, 4.69) is 47.6 Å². The molecule has 19 heavy (non-hydrogen) atoms. The highest BCUT2D eigenvalue weighted by Gasteiger charge is 2.22. The molecular weight excluding hydrogens is 260 g/mol. The highest BCUT2D eigenvalue weighted by molar-refractivity contribution is 7.05. The van der Waals surface area contributed by atoms with Crippen molar-refractivity contribution < 1.29 is 4.74 Å². The third-order valence-electron chi connectivity index (χ3n) is 2.83. The van der Waals surface area contributed by atoms with Crippen molar-refractivity contribution in [1.82, 2.24) is 19.8 Å². The summed E-state index contributed by atoms with van der Waals surface area (Å²) in [5.74, 6) is 0. The Labute approximate surface area is 120 Å². The maximum atomic E-state index is 5.00. The lowest BCUT2D eigenvalue weighted by Gasteiger charge is -2.20. The lowest BCUT2D eigenvalue weighted by molar-refractivity contribution is 0.197. The van der Waals surface area contributed by atoms with E-state index in [0.717, 1.165) is 38.5 Å². The zero-order chi connectivity index (χ0) is 14.3. The maximum absolute atomic E-state index is 5.00. The minimum atomic E-state index is 0.0693. The summed E-state index contributed by atoms with van der Waals surface area (Å²) in [4.78, 5) is 3.57. The molecule has 0 spiro atoms. The Bertz CT molecular complexity index is 362. The minimum absolute atomic E-state index is 0.0693. The van der Waals surface area contributed by atoms with Crippen molar-refractivity contribution >= 4 is 11.5 Å². The van der Waals surface area contributed by atoms with Gasteiger partial charge in [0.2, 0.25) is 0 Å². The molecule has 1 aromatic rings. The molecule has 5 nitrogen and oxygen atoms in total. The Kier molecular flexibility index (Phi) is 6.85. The van der Waals surface area contributed by atoms with E-state index in [1.165, 1.54) is 16.4 Å². The molecule has 0 aliphatic heterocycles. The van der Waals surface area contributed by atoms with E-state index in [0.29, 0.717) is 0 Å². The predicted octanol–water partition coefficient (Wildman–Crippen LogP) is 1.50. The molecule has 0 unspecified atom stereocenters. The summed E-state index contributed by atoms with van der Waals surface area (Å²) in [5, 5.41) is 7.62. The Hall–Kier alpha value is -0.560. The van der Waals surface area contributed by atoms with Gasteiger partial charge in [-0.15, -0.1) is 5.10 Å². The molecule has 110 valence electrons. The fraction of sp³-hybridized carbons (Fsp3) is 0.846. The second-order valence-corrected chi connectivity index (χ2v) is 6.61. The summed E-state index contributed by atoms with van der Waals surface area (Å²) >= 11 is 1.51. The number of hydrogen-bond acceptors (Lipinski definition) is 6. The number of nitrogens with zero attached hydrogens (tertiary/aromatic N) is 3. The van der Waals surface area contributed by atoms with Crippen LogP contribution in [0, 0.1) is 0 Å². The van der Waals surface area contributed by atoms with Crippen LogP contribution in [0.5, 0.6) is 0 Å². The topological polar surface area (TPSA) is 50.3 Å². The average Bonchev–Trinajstić information content (AvgIpc) is 2.76. The lowest BCUT2D eigenvalue weighted by Crippen LogP contribution is -2.31. The van der Waals surface area contributed by atoms with E-state index >= 15 is 0 Å². The van der Waals surface area contributed by atoms with Gasteiger partial charge in [0.15, 0.2) is 0 Å². The predicted molar refractivity (Wildman–Crippen MR) is 79.7 cm³/mol. The highest BCUT2D eigenvalue weighted by atomic mass is 32.1. The second-order valence-electron chi connectivity index (χ2n) is 5.78. The van der Waals surface area contributed by atoms with Crippen molar-refractivity contribution in [3.05, 3.63) is 10.6 Å². The SMILES string of the molecule is COCCNCCN(C)Cc1snnc1C(C)(C)C. The smallest absolute Gasteiger partial charge is 0.0854 e. The van der Waals surface area contributed by atoms with Gasteiger partial charge < -0.3 is 10.1 Å². The summed E-state index contributed by atoms with van der Waals surface area (Å²) in [6, 6.07) is 0. The Morgan fingerprint density at radius 2 is 2.05 bits per heavy atom. The van der Waals surface area contributed by atoms with Crippen LogP contribution in [0.25, 0.3) is 0 Å². The average molecular weight is 286 g/mol. The largest absolute Gasteiger partial charge is 0.383 e. The molecule has 6 heteroatoms. The number of hydrogen-bond donors (Lipinski definition) is 1. The molecule has 0 aliphatic carbocycles. The van der Waals surface area contributed by atoms with E-state index in [4.69, 9.17) is 4.74 Å². The van der Waals surface area contributed by atoms with Gasteiger partial charge in [-0.05, 0) is 18.6 Å². The third-order valence-corrected chi connectivity index (χ3v) is 3.54. The van der Waals surface area contributed by atoms with Crippen molar-refractivity contribution in [3.63, 3.8) is 0 Å². The molecule has 1 N–H and O–H groups in total. The zero-order valence-corrected chi connectivity index (χ0v) is 13.5. The number of nitrogens with one attached hydrogen (secondary N) is 1. The van der Waals surface area contributed by atoms with Crippen LogP contribution in [0.3, 0.4) is 0 Å². The number of rotatable bonds is 8. The molecule has 0 saturated heterocycles. The molecule has 0 amide bonds. The molecule has 0 atom stereocenters. The fourth-order valence-corrected chi connectivity index (χ4v) is 2.71. The van der Waals surface area contributed by atoms with E-state index in [9.17, 15) is 0 Å². The van der Waals surface area contributed by atoms with Gasteiger partial charge in [0.05, 0.1) is 17.2 Å². The van der Waals surface area contributed by atoms with Crippen molar-refractivity contribution in [2.24, 2.45) is 0 Å². The van der Waals surface area contributed by atoms with Gasteiger partial charge in [0.1, 0.15) is 0 Å². The number of aromatic nitrogens is 2. The van der Waals surface area contributed by atoms with Gasteiger partial charge in [-0.1, -0.05) is 25.3 Å². The van der Waals surface area contributed by atoms with Gasteiger partial charge in [0, 0.05) is 38.7 Å². The molecular formula is C13H26N4OS. The molecule has 0 aliphatic rings. The summed E-state index contributed by atoms with van der Waals surface area (Å²) in [7, 11) is 3.85. The summed E-state index contributed by atoms with van der Waals surface area (Å²) < 4.78 is 9.09. The van der Waals surface area contributed by atoms with Gasteiger partial charge >= 0.3 is 0 Å². The maximum Gasteiger partial charge on any atom is 0.0854 e.